The van der Waals surface area contributed by atoms with Crippen molar-refractivity contribution in [2.75, 3.05) is 27.7 Å². The molecule has 3 aromatic rings. The number of benzene rings is 2. The standard InChI is InChI=1S/C21H24N4O3/c1-24(2)18(14-9-11-15(28-4)12-10-14)13-22-20(26)19-16-7-5-6-8-17(16)21(27)25(3)23-19/h5-12,18H,13H2,1-4H3,(H,22,26)/t18-/m0/s1. The number of aryl methyl sites for hydroxylation is 1. The maximum absolute atomic E-state index is 12.9. The van der Waals surface area contributed by atoms with Crippen LogP contribution < -0.4 is 15.6 Å². The second-order valence-electron chi connectivity index (χ2n) is 6.79. The van der Waals surface area contributed by atoms with E-state index in [0.29, 0.717) is 17.3 Å². The summed E-state index contributed by atoms with van der Waals surface area (Å²) in [4.78, 5) is 27.1. The van der Waals surface area contributed by atoms with E-state index in [9.17, 15) is 9.59 Å². The van der Waals surface area contributed by atoms with Crippen molar-refractivity contribution in [1.29, 1.82) is 0 Å². The van der Waals surface area contributed by atoms with Gasteiger partial charge in [-0.05, 0) is 37.9 Å². The summed E-state index contributed by atoms with van der Waals surface area (Å²) in [5, 5.41) is 8.16. The number of rotatable bonds is 6. The molecular formula is C21H24N4O3. The normalized spacial score (nSPS) is 12.2. The largest absolute Gasteiger partial charge is 0.497 e. The number of aromatic nitrogens is 2. The van der Waals surface area contributed by atoms with Crippen molar-refractivity contribution in [2.24, 2.45) is 7.05 Å². The molecule has 0 saturated carbocycles. The van der Waals surface area contributed by atoms with E-state index in [2.05, 4.69) is 10.4 Å². The van der Waals surface area contributed by atoms with E-state index in [1.807, 2.05) is 43.3 Å². The number of fused-ring (bicyclic) bond motifs is 1. The van der Waals surface area contributed by atoms with Crippen LogP contribution in [0.1, 0.15) is 22.1 Å². The molecule has 7 nitrogen and oxygen atoms in total. The van der Waals surface area contributed by atoms with Crippen molar-refractivity contribution >= 4 is 16.7 Å². The van der Waals surface area contributed by atoms with Crippen LogP contribution in [-0.2, 0) is 7.05 Å². The Morgan fingerprint density at radius 1 is 1.14 bits per heavy atom. The summed E-state index contributed by atoms with van der Waals surface area (Å²) in [6.45, 7) is 0.400. The number of amides is 1. The summed E-state index contributed by atoms with van der Waals surface area (Å²) in [6.07, 6.45) is 0. The van der Waals surface area contributed by atoms with Gasteiger partial charge in [-0.25, -0.2) is 4.68 Å². The average Bonchev–Trinajstić information content (AvgIpc) is 2.71. The zero-order valence-corrected chi connectivity index (χ0v) is 16.5. The topological polar surface area (TPSA) is 76.5 Å². The third-order valence-electron chi connectivity index (χ3n) is 4.75. The zero-order valence-electron chi connectivity index (χ0n) is 16.5. The summed E-state index contributed by atoms with van der Waals surface area (Å²) < 4.78 is 6.41. The Balaban J connectivity index is 1.85. The van der Waals surface area contributed by atoms with E-state index >= 15 is 0 Å². The number of carbonyl (C=O) groups is 1. The number of nitrogens with one attached hydrogen (secondary N) is 1. The minimum atomic E-state index is -0.313. The monoisotopic (exact) mass is 380 g/mol. The Morgan fingerprint density at radius 3 is 2.39 bits per heavy atom. The predicted molar refractivity (Wildman–Crippen MR) is 109 cm³/mol. The van der Waals surface area contributed by atoms with Gasteiger partial charge in [0.1, 0.15) is 5.75 Å². The van der Waals surface area contributed by atoms with Gasteiger partial charge in [0.25, 0.3) is 11.5 Å². The molecule has 1 heterocycles. The van der Waals surface area contributed by atoms with Gasteiger partial charge < -0.3 is 15.0 Å². The lowest BCUT2D eigenvalue weighted by Gasteiger charge is -2.25. The number of methoxy groups -OCH3 is 1. The lowest BCUT2D eigenvalue weighted by atomic mass is 10.1. The first-order valence-corrected chi connectivity index (χ1v) is 8.97. The minimum absolute atomic E-state index is 0.0198. The fraction of sp³-hybridized carbons (Fsp3) is 0.286. The molecular weight excluding hydrogens is 356 g/mol. The first kappa shape index (κ1) is 19.6. The fourth-order valence-corrected chi connectivity index (χ4v) is 3.17. The molecule has 0 unspecified atom stereocenters. The van der Waals surface area contributed by atoms with Gasteiger partial charge in [-0.15, -0.1) is 0 Å². The predicted octanol–water partition coefficient (Wildman–Crippen LogP) is 1.97. The van der Waals surface area contributed by atoms with E-state index in [4.69, 9.17) is 4.74 Å². The molecule has 1 atom stereocenters. The Bertz CT molecular complexity index is 1040. The maximum Gasteiger partial charge on any atom is 0.274 e. The molecule has 146 valence electrons. The number of nitrogens with zero attached hydrogens (tertiary/aromatic N) is 3. The molecule has 7 heteroatoms. The molecule has 1 amide bonds. The summed E-state index contributed by atoms with van der Waals surface area (Å²) in [7, 11) is 7.09. The van der Waals surface area contributed by atoms with Gasteiger partial charge in [0.05, 0.1) is 18.5 Å². The smallest absolute Gasteiger partial charge is 0.274 e. The van der Waals surface area contributed by atoms with Crippen molar-refractivity contribution in [3.63, 3.8) is 0 Å². The van der Waals surface area contributed by atoms with Gasteiger partial charge in [0, 0.05) is 19.0 Å². The van der Waals surface area contributed by atoms with Crippen LogP contribution in [0.4, 0.5) is 0 Å². The second-order valence-corrected chi connectivity index (χ2v) is 6.79. The Morgan fingerprint density at radius 2 is 1.79 bits per heavy atom. The Hall–Kier alpha value is -3.19. The molecule has 1 aromatic heterocycles. The molecule has 2 aromatic carbocycles. The molecule has 0 spiro atoms. The van der Waals surface area contributed by atoms with Crippen molar-refractivity contribution in [3.05, 3.63) is 70.1 Å². The maximum atomic E-state index is 12.9. The summed E-state index contributed by atoms with van der Waals surface area (Å²) in [5.41, 5.74) is 1.07. The van der Waals surface area contributed by atoms with Crippen LogP contribution in [0.2, 0.25) is 0 Å². The number of hydrogen-bond acceptors (Lipinski definition) is 5. The molecule has 0 aliphatic carbocycles. The highest BCUT2D eigenvalue weighted by Crippen LogP contribution is 2.21. The third-order valence-corrected chi connectivity index (χ3v) is 4.75. The highest BCUT2D eigenvalue weighted by Gasteiger charge is 2.19. The fourth-order valence-electron chi connectivity index (χ4n) is 3.17. The molecule has 0 fully saturated rings. The number of likely N-dealkylation sites (N-methyl/N-ethyl adjacent to an activating group) is 1. The zero-order chi connectivity index (χ0) is 20.3. The third kappa shape index (κ3) is 3.89. The molecule has 0 aliphatic heterocycles. The lowest BCUT2D eigenvalue weighted by molar-refractivity contribution is 0.0936. The van der Waals surface area contributed by atoms with Crippen LogP contribution in [0.25, 0.3) is 10.8 Å². The Kier molecular flexibility index (Phi) is 5.75. The second kappa shape index (κ2) is 8.22. The quantitative estimate of drug-likeness (QED) is 0.708. The van der Waals surface area contributed by atoms with Gasteiger partial charge in [-0.1, -0.05) is 30.3 Å². The van der Waals surface area contributed by atoms with Crippen LogP contribution in [0.5, 0.6) is 5.75 Å². The van der Waals surface area contributed by atoms with E-state index < -0.39 is 0 Å². The van der Waals surface area contributed by atoms with Crippen LogP contribution >= 0.6 is 0 Å². The van der Waals surface area contributed by atoms with Crippen molar-refractivity contribution in [2.45, 2.75) is 6.04 Å². The Labute approximate surface area is 163 Å². The molecule has 0 bridgehead atoms. The summed E-state index contributed by atoms with van der Waals surface area (Å²) in [6, 6.07) is 14.8. The number of carbonyl (C=O) groups excluding carboxylic acids is 1. The van der Waals surface area contributed by atoms with E-state index in [-0.39, 0.29) is 23.2 Å². The van der Waals surface area contributed by atoms with Crippen molar-refractivity contribution in [3.8, 4) is 5.75 Å². The van der Waals surface area contributed by atoms with Crippen LogP contribution in [0.3, 0.4) is 0 Å². The molecule has 0 saturated heterocycles. The van der Waals surface area contributed by atoms with Crippen LogP contribution in [0.15, 0.2) is 53.3 Å². The van der Waals surface area contributed by atoms with Crippen molar-refractivity contribution in [1.82, 2.24) is 20.0 Å². The van der Waals surface area contributed by atoms with Crippen LogP contribution in [-0.4, -0.2) is 48.3 Å². The number of hydrogen-bond donors (Lipinski definition) is 1. The average molecular weight is 380 g/mol. The van der Waals surface area contributed by atoms with E-state index in [0.717, 1.165) is 11.3 Å². The number of ether oxygens (including phenoxy) is 1. The van der Waals surface area contributed by atoms with Gasteiger partial charge in [-0.3, -0.25) is 9.59 Å². The van der Waals surface area contributed by atoms with Gasteiger partial charge in [0.2, 0.25) is 0 Å². The first-order chi connectivity index (χ1) is 13.4. The first-order valence-electron chi connectivity index (χ1n) is 8.97. The molecule has 28 heavy (non-hydrogen) atoms. The highest BCUT2D eigenvalue weighted by atomic mass is 16.5. The summed E-state index contributed by atoms with van der Waals surface area (Å²) >= 11 is 0. The highest BCUT2D eigenvalue weighted by molar-refractivity contribution is 6.04. The van der Waals surface area contributed by atoms with Crippen molar-refractivity contribution < 1.29 is 9.53 Å². The minimum Gasteiger partial charge on any atom is -0.497 e. The molecule has 0 aliphatic rings. The van der Waals surface area contributed by atoms with Gasteiger partial charge >= 0.3 is 0 Å². The van der Waals surface area contributed by atoms with E-state index in [1.54, 1.807) is 38.4 Å². The SMILES string of the molecule is COc1ccc([C@H](CNC(=O)c2nn(C)c(=O)c3ccccc23)N(C)C)cc1. The lowest BCUT2D eigenvalue weighted by Crippen LogP contribution is -2.36. The molecule has 1 N–H and O–H groups in total. The van der Waals surface area contributed by atoms with E-state index in [1.165, 1.54) is 4.68 Å². The van der Waals surface area contributed by atoms with Gasteiger partial charge in [-0.2, -0.15) is 5.10 Å². The molecule has 3 rings (SSSR count). The van der Waals surface area contributed by atoms with Crippen LogP contribution in [0, 0.1) is 0 Å². The van der Waals surface area contributed by atoms with Gasteiger partial charge in [0.15, 0.2) is 5.69 Å². The molecule has 0 radical (unpaired) electrons. The summed E-state index contributed by atoms with van der Waals surface area (Å²) in [5.74, 6) is 0.471.